The zero-order valence-corrected chi connectivity index (χ0v) is 11.8. The molecule has 0 saturated carbocycles. The number of nitrogens with zero attached hydrogens (tertiary/aromatic N) is 2. The predicted molar refractivity (Wildman–Crippen MR) is 76.1 cm³/mol. The SMILES string of the molecule is CCc1ccc(CC2(O)CCN3CCCC3C2)nc1. The molecule has 2 atom stereocenters. The van der Waals surface area contributed by atoms with E-state index in [2.05, 4.69) is 28.9 Å². The zero-order chi connectivity index (χ0) is 13.3. The Labute approximate surface area is 115 Å². The van der Waals surface area contributed by atoms with Crippen LogP contribution in [0.1, 0.15) is 43.9 Å². The van der Waals surface area contributed by atoms with E-state index in [1.165, 1.54) is 24.9 Å². The largest absolute Gasteiger partial charge is 0.389 e. The number of fused-ring (bicyclic) bond motifs is 1. The van der Waals surface area contributed by atoms with Gasteiger partial charge in [-0.1, -0.05) is 13.0 Å². The summed E-state index contributed by atoms with van der Waals surface area (Å²) < 4.78 is 0. The average molecular weight is 260 g/mol. The van der Waals surface area contributed by atoms with Crippen LogP contribution in [0.5, 0.6) is 0 Å². The number of aliphatic hydroxyl groups is 1. The summed E-state index contributed by atoms with van der Waals surface area (Å²) in [5.74, 6) is 0. The predicted octanol–water partition coefficient (Wildman–Crippen LogP) is 2.18. The van der Waals surface area contributed by atoms with Gasteiger partial charge in [0.2, 0.25) is 0 Å². The molecule has 0 bridgehead atoms. The zero-order valence-electron chi connectivity index (χ0n) is 11.8. The number of rotatable bonds is 3. The van der Waals surface area contributed by atoms with Crippen LogP contribution in [0, 0.1) is 0 Å². The summed E-state index contributed by atoms with van der Waals surface area (Å²) >= 11 is 0. The van der Waals surface area contributed by atoms with Gasteiger partial charge in [0.15, 0.2) is 0 Å². The first kappa shape index (κ1) is 13.1. The molecule has 2 unspecified atom stereocenters. The molecule has 1 aromatic rings. The topological polar surface area (TPSA) is 36.4 Å². The Balaban J connectivity index is 1.67. The van der Waals surface area contributed by atoms with E-state index in [9.17, 15) is 5.11 Å². The van der Waals surface area contributed by atoms with Gasteiger partial charge in [0.05, 0.1) is 5.60 Å². The Morgan fingerprint density at radius 2 is 2.32 bits per heavy atom. The van der Waals surface area contributed by atoms with Crippen molar-refractivity contribution in [3.05, 3.63) is 29.6 Å². The van der Waals surface area contributed by atoms with Crippen LogP contribution in [0.15, 0.2) is 18.3 Å². The highest BCUT2D eigenvalue weighted by atomic mass is 16.3. The molecule has 2 saturated heterocycles. The monoisotopic (exact) mass is 260 g/mol. The Morgan fingerprint density at radius 3 is 3.05 bits per heavy atom. The fraction of sp³-hybridized carbons (Fsp3) is 0.688. The van der Waals surface area contributed by atoms with Crippen molar-refractivity contribution in [1.82, 2.24) is 9.88 Å². The van der Waals surface area contributed by atoms with Gasteiger partial charge in [-0.05, 0) is 50.3 Å². The lowest BCUT2D eigenvalue weighted by Crippen LogP contribution is -2.48. The number of aromatic nitrogens is 1. The van der Waals surface area contributed by atoms with Crippen molar-refractivity contribution in [3.63, 3.8) is 0 Å². The van der Waals surface area contributed by atoms with Crippen molar-refractivity contribution < 1.29 is 5.11 Å². The maximum Gasteiger partial charge on any atom is 0.0730 e. The normalized spacial score (nSPS) is 31.4. The van der Waals surface area contributed by atoms with E-state index in [-0.39, 0.29) is 0 Å². The van der Waals surface area contributed by atoms with E-state index in [1.807, 2.05) is 6.20 Å². The summed E-state index contributed by atoms with van der Waals surface area (Å²) in [6, 6.07) is 4.82. The molecule has 19 heavy (non-hydrogen) atoms. The van der Waals surface area contributed by atoms with E-state index < -0.39 is 5.60 Å². The third-order valence-electron chi connectivity index (χ3n) is 4.78. The van der Waals surface area contributed by atoms with Crippen molar-refractivity contribution in [2.75, 3.05) is 13.1 Å². The number of hydrogen-bond donors (Lipinski definition) is 1. The molecule has 2 aliphatic rings. The van der Waals surface area contributed by atoms with Gasteiger partial charge >= 0.3 is 0 Å². The molecule has 2 aliphatic heterocycles. The maximum atomic E-state index is 10.8. The third kappa shape index (κ3) is 2.82. The first-order chi connectivity index (χ1) is 9.18. The highest BCUT2D eigenvalue weighted by molar-refractivity contribution is 5.16. The molecule has 1 N–H and O–H groups in total. The van der Waals surface area contributed by atoms with E-state index in [1.54, 1.807) is 0 Å². The maximum absolute atomic E-state index is 10.8. The molecule has 1 aromatic heterocycles. The number of pyridine rings is 1. The Bertz CT molecular complexity index is 431. The molecule has 0 aromatic carbocycles. The summed E-state index contributed by atoms with van der Waals surface area (Å²) in [5.41, 5.74) is 1.76. The summed E-state index contributed by atoms with van der Waals surface area (Å²) in [7, 11) is 0. The second-order valence-electron chi connectivity index (χ2n) is 6.20. The van der Waals surface area contributed by atoms with Crippen LogP contribution in [-0.4, -0.2) is 39.7 Å². The van der Waals surface area contributed by atoms with Crippen LogP contribution in [-0.2, 0) is 12.8 Å². The molecular weight excluding hydrogens is 236 g/mol. The number of aryl methyl sites for hydroxylation is 1. The lowest BCUT2D eigenvalue weighted by Gasteiger charge is -2.40. The lowest BCUT2D eigenvalue weighted by atomic mass is 9.83. The minimum Gasteiger partial charge on any atom is -0.389 e. The molecular formula is C16H24N2O. The van der Waals surface area contributed by atoms with Crippen molar-refractivity contribution in [2.45, 2.75) is 57.1 Å². The van der Waals surface area contributed by atoms with Crippen LogP contribution in [0.2, 0.25) is 0 Å². The quantitative estimate of drug-likeness (QED) is 0.905. The highest BCUT2D eigenvalue weighted by Gasteiger charge is 2.40. The second-order valence-corrected chi connectivity index (χ2v) is 6.20. The molecule has 104 valence electrons. The standard InChI is InChI=1S/C16H24N2O/c1-2-13-5-6-14(17-12-13)10-16(19)7-9-18-8-3-4-15(18)11-16/h5-6,12,15,19H,2-4,7-11H2,1H3. The minimum absolute atomic E-state index is 0.535. The van der Waals surface area contributed by atoms with Gasteiger partial charge in [0.25, 0.3) is 0 Å². The van der Waals surface area contributed by atoms with E-state index in [4.69, 9.17) is 0 Å². The van der Waals surface area contributed by atoms with Crippen LogP contribution in [0.25, 0.3) is 0 Å². The molecule has 3 heteroatoms. The Morgan fingerprint density at radius 1 is 1.42 bits per heavy atom. The fourth-order valence-electron chi connectivity index (χ4n) is 3.58. The van der Waals surface area contributed by atoms with Crippen molar-refractivity contribution >= 4 is 0 Å². The molecule has 0 aliphatic carbocycles. The number of piperidine rings is 1. The molecule has 3 heterocycles. The smallest absolute Gasteiger partial charge is 0.0730 e. The Hall–Kier alpha value is -0.930. The first-order valence-corrected chi connectivity index (χ1v) is 7.59. The number of hydrogen-bond acceptors (Lipinski definition) is 3. The first-order valence-electron chi connectivity index (χ1n) is 7.59. The van der Waals surface area contributed by atoms with Gasteiger partial charge < -0.3 is 10.0 Å². The van der Waals surface area contributed by atoms with Gasteiger partial charge in [0.1, 0.15) is 0 Å². The summed E-state index contributed by atoms with van der Waals surface area (Å²) in [6.07, 6.45) is 8.04. The van der Waals surface area contributed by atoms with Gasteiger partial charge in [-0.2, -0.15) is 0 Å². The summed E-state index contributed by atoms with van der Waals surface area (Å²) in [6.45, 7) is 4.42. The van der Waals surface area contributed by atoms with E-state index in [0.29, 0.717) is 12.5 Å². The van der Waals surface area contributed by atoms with Crippen LogP contribution >= 0.6 is 0 Å². The molecule has 3 rings (SSSR count). The van der Waals surface area contributed by atoms with Crippen molar-refractivity contribution in [1.29, 1.82) is 0 Å². The van der Waals surface area contributed by atoms with Crippen molar-refractivity contribution in [3.8, 4) is 0 Å². The van der Waals surface area contributed by atoms with Gasteiger partial charge in [-0.15, -0.1) is 0 Å². The Kier molecular flexibility index (Phi) is 3.59. The molecule has 0 spiro atoms. The van der Waals surface area contributed by atoms with E-state index in [0.717, 1.165) is 31.5 Å². The average Bonchev–Trinajstić information content (AvgIpc) is 2.86. The lowest BCUT2D eigenvalue weighted by molar-refractivity contribution is -0.0360. The van der Waals surface area contributed by atoms with Crippen LogP contribution < -0.4 is 0 Å². The minimum atomic E-state index is -0.535. The molecule has 2 fully saturated rings. The molecule has 0 amide bonds. The van der Waals surface area contributed by atoms with Gasteiger partial charge in [-0.3, -0.25) is 4.98 Å². The van der Waals surface area contributed by atoms with Crippen LogP contribution in [0.4, 0.5) is 0 Å². The van der Waals surface area contributed by atoms with Crippen LogP contribution in [0.3, 0.4) is 0 Å². The van der Waals surface area contributed by atoms with Crippen molar-refractivity contribution in [2.24, 2.45) is 0 Å². The van der Waals surface area contributed by atoms with E-state index >= 15 is 0 Å². The summed E-state index contributed by atoms with van der Waals surface area (Å²) in [4.78, 5) is 7.04. The third-order valence-corrected chi connectivity index (χ3v) is 4.78. The van der Waals surface area contributed by atoms with Gasteiger partial charge in [0, 0.05) is 30.9 Å². The molecule has 3 nitrogen and oxygen atoms in total. The fourth-order valence-corrected chi connectivity index (χ4v) is 3.58. The highest BCUT2D eigenvalue weighted by Crippen LogP contribution is 2.34. The van der Waals surface area contributed by atoms with Gasteiger partial charge in [-0.25, -0.2) is 0 Å². The summed E-state index contributed by atoms with van der Waals surface area (Å²) in [5, 5.41) is 10.8. The molecule has 0 radical (unpaired) electrons. The second kappa shape index (κ2) is 5.22.